The molecule has 1 aliphatic carbocycles. The van der Waals surface area contributed by atoms with Crippen molar-refractivity contribution in [2.24, 2.45) is 11.8 Å². The summed E-state index contributed by atoms with van der Waals surface area (Å²) in [6.45, 7) is 3.73. The molecule has 0 saturated heterocycles. The van der Waals surface area contributed by atoms with Crippen LogP contribution >= 0.6 is 0 Å². The van der Waals surface area contributed by atoms with E-state index in [0.29, 0.717) is 6.04 Å². The van der Waals surface area contributed by atoms with Crippen LogP contribution in [0.3, 0.4) is 0 Å². The fourth-order valence-electron chi connectivity index (χ4n) is 1.98. The van der Waals surface area contributed by atoms with Gasteiger partial charge in [-0.3, -0.25) is 11.3 Å². The number of hydrogen-bond acceptors (Lipinski definition) is 2. The van der Waals surface area contributed by atoms with Gasteiger partial charge in [0.25, 0.3) is 0 Å². The van der Waals surface area contributed by atoms with Crippen molar-refractivity contribution in [1.29, 1.82) is 0 Å². The largest absolute Gasteiger partial charge is 0.271 e. The Morgan fingerprint density at radius 2 is 2.17 bits per heavy atom. The molecule has 2 nitrogen and oxygen atoms in total. The van der Waals surface area contributed by atoms with Gasteiger partial charge in [0.15, 0.2) is 0 Å². The zero-order valence-electron chi connectivity index (χ0n) is 7.76. The van der Waals surface area contributed by atoms with E-state index in [1.165, 1.54) is 32.1 Å². The first-order chi connectivity index (χ1) is 5.86. The van der Waals surface area contributed by atoms with E-state index in [2.05, 4.69) is 12.0 Å². The van der Waals surface area contributed by atoms with E-state index >= 15 is 0 Å². The van der Waals surface area contributed by atoms with Crippen LogP contribution in [0.5, 0.6) is 0 Å². The smallest absolute Gasteiger partial charge is 0.0387 e. The molecule has 0 spiro atoms. The average molecular weight is 168 g/mol. The van der Waals surface area contributed by atoms with Crippen LogP contribution in [0.1, 0.15) is 38.5 Å². The van der Waals surface area contributed by atoms with Gasteiger partial charge in [0.1, 0.15) is 0 Å². The molecule has 1 rings (SSSR count). The zero-order chi connectivity index (χ0) is 8.81. The van der Waals surface area contributed by atoms with Gasteiger partial charge in [-0.1, -0.05) is 31.8 Å². The molecule has 1 atom stereocenters. The van der Waals surface area contributed by atoms with E-state index in [1.54, 1.807) is 0 Å². The van der Waals surface area contributed by atoms with Gasteiger partial charge in [-0.15, -0.1) is 6.58 Å². The van der Waals surface area contributed by atoms with E-state index in [0.717, 1.165) is 12.3 Å². The maximum Gasteiger partial charge on any atom is 0.0387 e. The second-order valence-electron chi connectivity index (χ2n) is 3.74. The Kier molecular flexibility index (Phi) is 4.33. The maximum absolute atomic E-state index is 5.35. The Morgan fingerprint density at radius 3 is 2.67 bits per heavy atom. The lowest BCUT2D eigenvalue weighted by atomic mass is 9.99. The van der Waals surface area contributed by atoms with E-state index in [-0.39, 0.29) is 0 Å². The second kappa shape index (κ2) is 5.33. The third kappa shape index (κ3) is 2.95. The van der Waals surface area contributed by atoms with E-state index in [1.807, 2.05) is 6.08 Å². The molecule has 1 fully saturated rings. The summed E-state index contributed by atoms with van der Waals surface area (Å²) >= 11 is 0. The molecule has 3 N–H and O–H groups in total. The zero-order valence-corrected chi connectivity index (χ0v) is 7.76. The first-order valence-corrected chi connectivity index (χ1v) is 4.95. The summed E-state index contributed by atoms with van der Waals surface area (Å²) in [4.78, 5) is 0. The van der Waals surface area contributed by atoms with Crippen molar-refractivity contribution in [1.82, 2.24) is 5.43 Å². The van der Waals surface area contributed by atoms with Crippen molar-refractivity contribution in [3.05, 3.63) is 12.7 Å². The molecular weight excluding hydrogens is 148 g/mol. The molecule has 1 saturated carbocycles. The highest BCUT2D eigenvalue weighted by molar-refractivity contribution is 4.84. The minimum Gasteiger partial charge on any atom is -0.271 e. The highest BCUT2D eigenvalue weighted by atomic mass is 15.2. The SMILES string of the molecule is C=CC(CCC1CCCC1)NN. The maximum atomic E-state index is 5.35. The predicted octanol–water partition coefficient (Wildman–Crippen LogP) is 1.97. The van der Waals surface area contributed by atoms with Crippen LogP contribution in [0.15, 0.2) is 12.7 Å². The summed E-state index contributed by atoms with van der Waals surface area (Å²) in [6.07, 6.45) is 10.1. The summed E-state index contributed by atoms with van der Waals surface area (Å²) in [7, 11) is 0. The molecule has 0 aromatic carbocycles. The van der Waals surface area contributed by atoms with Gasteiger partial charge in [0.05, 0.1) is 0 Å². The van der Waals surface area contributed by atoms with Crippen molar-refractivity contribution in [3.8, 4) is 0 Å². The van der Waals surface area contributed by atoms with E-state index in [4.69, 9.17) is 5.84 Å². The van der Waals surface area contributed by atoms with Crippen molar-refractivity contribution >= 4 is 0 Å². The molecule has 0 amide bonds. The summed E-state index contributed by atoms with van der Waals surface area (Å²) in [6, 6.07) is 0.311. The lowest BCUT2D eigenvalue weighted by Crippen LogP contribution is -2.33. The average Bonchev–Trinajstić information content (AvgIpc) is 2.59. The first kappa shape index (κ1) is 9.75. The van der Waals surface area contributed by atoms with E-state index in [9.17, 15) is 0 Å². The minimum absolute atomic E-state index is 0.311. The monoisotopic (exact) mass is 168 g/mol. The molecule has 12 heavy (non-hydrogen) atoms. The Hall–Kier alpha value is -0.340. The molecular formula is C10H20N2. The van der Waals surface area contributed by atoms with Gasteiger partial charge < -0.3 is 0 Å². The van der Waals surface area contributed by atoms with Crippen LogP contribution in [0, 0.1) is 5.92 Å². The van der Waals surface area contributed by atoms with Crippen LogP contribution in [0.25, 0.3) is 0 Å². The highest BCUT2D eigenvalue weighted by Gasteiger charge is 2.15. The van der Waals surface area contributed by atoms with Crippen LogP contribution in [0.2, 0.25) is 0 Å². The molecule has 1 unspecified atom stereocenters. The van der Waals surface area contributed by atoms with Crippen LogP contribution < -0.4 is 11.3 Å². The third-order valence-electron chi connectivity index (χ3n) is 2.86. The number of nitrogens with one attached hydrogen (secondary N) is 1. The molecule has 0 radical (unpaired) electrons. The van der Waals surface area contributed by atoms with Gasteiger partial charge in [0, 0.05) is 6.04 Å². The quantitative estimate of drug-likeness (QED) is 0.374. The summed E-state index contributed by atoms with van der Waals surface area (Å²) in [5.41, 5.74) is 2.76. The number of nitrogens with two attached hydrogens (primary N) is 1. The lowest BCUT2D eigenvalue weighted by Gasteiger charge is -2.13. The van der Waals surface area contributed by atoms with Crippen LogP contribution in [0.4, 0.5) is 0 Å². The van der Waals surface area contributed by atoms with Gasteiger partial charge >= 0.3 is 0 Å². The third-order valence-corrected chi connectivity index (χ3v) is 2.86. The van der Waals surface area contributed by atoms with Crippen LogP contribution in [-0.4, -0.2) is 6.04 Å². The fraction of sp³-hybridized carbons (Fsp3) is 0.800. The molecule has 0 heterocycles. The second-order valence-corrected chi connectivity index (χ2v) is 3.74. The Bertz CT molecular complexity index is 128. The molecule has 0 aromatic rings. The van der Waals surface area contributed by atoms with Gasteiger partial charge in [-0.25, -0.2) is 0 Å². The molecule has 1 aliphatic rings. The molecule has 2 heteroatoms. The van der Waals surface area contributed by atoms with Crippen LogP contribution in [-0.2, 0) is 0 Å². The molecule has 0 aromatic heterocycles. The van der Waals surface area contributed by atoms with Crippen molar-refractivity contribution in [2.45, 2.75) is 44.6 Å². The Balaban J connectivity index is 2.10. The lowest BCUT2D eigenvalue weighted by molar-refractivity contribution is 0.443. The fourth-order valence-corrected chi connectivity index (χ4v) is 1.98. The molecule has 70 valence electrons. The predicted molar refractivity (Wildman–Crippen MR) is 52.5 cm³/mol. The normalized spacial score (nSPS) is 21.1. The minimum atomic E-state index is 0.311. The first-order valence-electron chi connectivity index (χ1n) is 4.95. The Morgan fingerprint density at radius 1 is 1.50 bits per heavy atom. The van der Waals surface area contributed by atoms with Crippen molar-refractivity contribution in [2.75, 3.05) is 0 Å². The topological polar surface area (TPSA) is 38.0 Å². The van der Waals surface area contributed by atoms with Crippen molar-refractivity contribution < 1.29 is 0 Å². The molecule has 0 aliphatic heterocycles. The molecule has 0 bridgehead atoms. The number of rotatable bonds is 5. The van der Waals surface area contributed by atoms with Gasteiger partial charge in [-0.2, -0.15) is 0 Å². The Labute approximate surface area is 75.2 Å². The summed E-state index contributed by atoms with van der Waals surface area (Å²) < 4.78 is 0. The standard InChI is InChI=1S/C10H20N2/c1-2-10(12-11)8-7-9-5-3-4-6-9/h2,9-10,12H,1,3-8,11H2. The van der Waals surface area contributed by atoms with Gasteiger partial charge in [-0.05, 0) is 18.8 Å². The number of hydrogen-bond donors (Lipinski definition) is 2. The van der Waals surface area contributed by atoms with E-state index < -0.39 is 0 Å². The highest BCUT2D eigenvalue weighted by Crippen LogP contribution is 2.28. The number of hydrazine groups is 1. The van der Waals surface area contributed by atoms with Crippen molar-refractivity contribution in [3.63, 3.8) is 0 Å². The van der Waals surface area contributed by atoms with Gasteiger partial charge in [0.2, 0.25) is 0 Å². The summed E-state index contributed by atoms with van der Waals surface area (Å²) in [5.74, 6) is 6.31. The summed E-state index contributed by atoms with van der Waals surface area (Å²) in [5, 5.41) is 0.